The zero-order valence-electron chi connectivity index (χ0n) is 18.8. The van der Waals surface area contributed by atoms with E-state index in [9.17, 15) is 22.8 Å². The molecule has 0 aliphatic heterocycles. The fourth-order valence-electron chi connectivity index (χ4n) is 3.67. The van der Waals surface area contributed by atoms with E-state index in [-0.39, 0.29) is 31.1 Å². The van der Waals surface area contributed by atoms with Crippen molar-refractivity contribution in [1.82, 2.24) is 10.2 Å². The molecule has 1 unspecified atom stereocenters. The molecule has 6 nitrogen and oxygen atoms in total. The molecule has 9 heteroatoms. The lowest BCUT2D eigenvalue weighted by Gasteiger charge is -2.29. The molecule has 0 spiro atoms. The number of halogens is 3. The van der Waals surface area contributed by atoms with E-state index in [1.54, 1.807) is 25.1 Å². The smallest absolute Gasteiger partial charge is 0.416 e. The number of ether oxygens (including phenoxy) is 1. The standard InChI is InChI=1S/C24H28F3N3O3/c1-15-7-10-21(33-3)20(11-15)29-22(31)13-28-23(32)14-30(19-8-9-19)16(2)17-5-4-6-18(12-17)24(25,26)27/h4-7,10-12,16,19H,8-9,13-14H2,1-3H3,(H,28,32)(H,29,31). The largest absolute Gasteiger partial charge is 0.495 e. The van der Waals surface area contributed by atoms with Crippen LogP contribution in [0.1, 0.15) is 42.5 Å². The van der Waals surface area contributed by atoms with Gasteiger partial charge in [-0.1, -0.05) is 18.2 Å². The molecule has 1 atom stereocenters. The molecule has 0 radical (unpaired) electrons. The Morgan fingerprint density at radius 2 is 1.88 bits per heavy atom. The van der Waals surface area contributed by atoms with Crippen LogP contribution in [-0.2, 0) is 15.8 Å². The Morgan fingerprint density at radius 3 is 2.52 bits per heavy atom. The van der Waals surface area contributed by atoms with Gasteiger partial charge in [-0.3, -0.25) is 14.5 Å². The van der Waals surface area contributed by atoms with E-state index in [4.69, 9.17) is 4.74 Å². The lowest BCUT2D eigenvalue weighted by Crippen LogP contribution is -2.42. The molecule has 33 heavy (non-hydrogen) atoms. The second-order valence-electron chi connectivity index (χ2n) is 8.23. The zero-order valence-corrected chi connectivity index (χ0v) is 18.8. The van der Waals surface area contributed by atoms with Crippen LogP contribution in [0.5, 0.6) is 5.75 Å². The number of methoxy groups -OCH3 is 1. The van der Waals surface area contributed by atoms with Gasteiger partial charge < -0.3 is 15.4 Å². The molecular formula is C24H28F3N3O3. The molecular weight excluding hydrogens is 435 g/mol. The van der Waals surface area contributed by atoms with Crippen molar-refractivity contribution in [3.8, 4) is 5.75 Å². The highest BCUT2D eigenvalue weighted by Crippen LogP contribution is 2.36. The second-order valence-corrected chi connectivity index (χ2v) is 8.23. The van der Waals surface area contributed by atoms with Crippen molar-refractivity contribution in [3.05, 3.63) is 59.2 Å². The lowest BCUT2D eigenvalue weighted by atomic mass is 10.0. The first-order valence-electron chi connectivity index (χ1n) is 10.7. The van der Waals surface area contributed by atoms with Crippen molar-refractivity contribution in [2.24, 2.45) is 0 Å². The Balaban J connectivity index is 1.59. The molecule has 1 aliphatic carbocycles. The SMILES string of the molecule is COc1ccc(C)cc1NC(=O)CNC(=O)CN(C1CC1)C(C)c1cccc(C(F)(F)F)c1. The third kappa shape index (κ3) is 6.71. The van der Waals surface area contributed by atoms with Gasteiger partial charge in [-0.25, -0.2) is 0 Å². The van der Waals surface area contributed by atoms with Crippen LogP contribution in [0, 0.1) is 6.92 Å². The molecule has 0 bridgehead atoms. The van der Waals surface area contributed by atoms with Crippen LogP contribution in [0.15, 0.2) is 42.5 Å². The van der Waals surface area contributed by atoms with E-state index >= 15 is 0 Å². The number of alkyl halides is 3. The minimum Gasteiger partial charge on any atom is -0.495 e. The van der Waals surface area contributed by atoms with Crippen LogP contribution < -0.4 is 15.4 Å². The first-order chi connectivity index (χ1) is 15.6. The Hall–Kier alpha value is -3.07. The molecule has 1 fully saturated rings. The number of carbonyl (C=O) groups is 2. The number of anilines is 1. The summed E-state index contributed by atoms with van der Waals surface area (Å²) in [6.07, 6.45) is -2.67. The summed E-state index contributed by atoms with van der Waals surface area (Å²) in [5.41, 5.74) is 1.23. The lowest BCUT2D eigenvalue weighted by molar-refractivity contribution is -0.137. The normalized spacial score (nSPS) is 14.6. The highest BCUT2D eigenvalue weighted by molar-refractivity contribution is 5.96. The predicted octanol–water partition coefficient (Wildman–Crippen LogP) is 4.30. The number of aryl methyl sites for hydroxylation is 1. The quantitative estimate of drug-likeness (QED) is 0.582. The average Bonchev–Trinajstić information content (AvgIpc) is 3.60. The molecule has 2 amide bonds. The molecule has 2 aromatic carbocycles. The Kier molecular flexibility index (Phi) is 7.63. The summed E-state index contributed by atoms with van der Waals surface area (Å²) in [5.74, 6) is -0.265. The van der Waals surface area contributed by atoms with Crippen LogP contribution in [-0.4, -0.2) is 43.0 Å². The average molecular weight is 464 g/mol. The second kappa shape index (κ2) is 10.2. The van der Waals surface area contributed by atoms with E-state index in [2.05, 4.69) is 10.6 Å². The van der Waals surface area contributed by atoms with Gasteiger partial charge in [-0.15, -0.1) is 0 Å². The number of hydrogen-bond donors (Lipinski definition) is 2. The fraction of sp³-hybridized carbons (Fsp3) is 0.417. The van der Waals surface area contributed by atoms with E-state index in [0.29, 0.717) is 17.0 Å². The van der Waals surface area contributed by atoms with Gasteiger partial charge in [0.05, 0.1) is 31.5 Å². The van der Waals surface area contributed by atoms with E-state index in [1.807, 2.05) is 17.9 Å². The Bertz CT molecular complexity index is 1010. The molecule has 0 aromatic heterocycles. The first kappa shape index (κ1) is 24.6. The molecule has 2 N–H and O–H groups in total. The first-order valence-corrected chi connectivity index (χ1v) is 10.7. The fourth-order valence-corrected chi connectivity index (χ4v) is 3.67. The van der Waals surface area contributed by atoms with Crippen molar-refractivity contribution in [2.75, 3.05) is 25.5 Å². The predicted molar refractivity (Wildman–Crippen MR) is 119 cm³/mol. The highest BCUT2D eigenvalue weighted by Gasteiger charge is 2.35. The maximum atomic E-state index is 13.1. The third-order valence-electron chi connectivity index (χ3n) is 5.61. The topological polar surface area (TPSA) is 70.7 Å². The van der Waals surface area contributed by atoms with Crippen LogP contribution in [0.4, 0.5) is 18.9 Å². The molecule has 178 valence electrons. The highest BCUT2D eigenvalue weighted by atomic mass is 19.4. The number of rotatable bonds is 9. The minimum absolute atomic E-state index is 0.0108. The summed E-state index contributed by atoms with van der Waals surface area (Å²) >= 11 is 0. The molecule has 2 aromatic rings. The number of amides is 2. The van der Waals surface area contributed by atoms with E-state index in [1.165, 1.54) is 13.2 Å². The van der Waals surface area contributed by atoms with Gasteiger partial charge in [0, 0.05) is 12.1 Å². The van der Waals surface area contributed by atoms with Crippen LogP contribution >= 0.6 is 0 Å². The minimum atomic E-state index is -4.43. The van der Waals surface area contributed by atoms with Crippen molar-refractivity contribution in [3.63, 3.8) is 0 Å². The Labute approximate surface area is 191 Å². The van der Waals surface area contributed by atoms with Crippen LogP contribution in [0.2, 0.25) is 0 Å². The van der Waals surface area contributed by atoms with Crippen LogP contribution in [0.25, 0.3) is 0 Å². The third-order valence-corrected chi connectivity index (χ3v) is 5.61. The van der Waals surface area contributed by atoms with Gasteiger partial charge in [0.1, 0.15) is 5.75 Å². The van der Waals surface area contributed by atoms with Crippen LogP contribution in [0.3, 0.4) is 0 Å². The molecule has 1 aliphatic rings. The summed E-state index contributed by atoms with van der Waals surface area (Å²) in [7, 11) is 1.50. The molecule has 0 saturated heterocycles. The van der Waals surface area contributed by atoms with Crippen molar-refractivity contribution in [1.29, 1.82) is 0 Å². The van der Waals surface area contributed by atoms with Gasteiger partial charge >= 0.3 is 6.18 Å². The van der Waals surface area contributed by atoms with Gasteiger partial charge in [-0.05, 0) is 62.1 Å². The van der Waals surface area contributed by atoms with Gasteiger partial charge in [0.25, 0.3) is 0 Å². The van der Waals surface area contributed by atoms with Crippen molar-refractivity contribution in [2.45, 2.75) is 44.9 Å². The molecule has 0 heterocycles. The number of nitrogens with zero attached hydrogens (tertiary/aromatic N) is 1. The van der Waals surface area contributed by atoms with E-state index < -0.39 is 17.6 Å². The maximum Gasteiger partial charge on any atom is 0.416 e. The number of nitrogens with one attached hydrogen (secondary N) is 2. The van der Waals surface area contributed by atoms with Gasteiger partial charge in [0.15, 0.2) is 0 Å². The summed E-state index contributed by atoms with van der Waals surface area (Å²) in [4.78, 5) is 26.7. The van der Waals surface area contributed by atoms with Crippen molar-refractivity contribution < 1.29 is 27.5 Å². The summed E-state index contributed by atoms with van der Waals surface area (Å²) < 4.78 is 44.5. The number of carbonyl (C=O) groups excluding carboxylic acids is 2. The summed E-state index contributed by atoms with van der Waals surface area (Å²) in [6.45, 7) is 3.43. The molecule has 1 saturated carbocycles. The zero-order chi connectivity index (χ0) is 24.2. The number of benzene rings is 2. The van der Waals surface area contributed by atoms with Crippen molar-refractivity contribution >= 4 is 17.5 Å². The summed E-state index contributed by atoms with van der Waals surface area (Å²) in [6, 6.07) is 10.3. The maximum absolute atomic E-state index is 13.1. The number of hydrogen-bond acceptors (Lipinski definition) is 4. The van der Waals surface area contributed by atoms with E-state index in [0.717, 1.165) is 30.5 Å². The molecule has 3 rings (SSSR count). The van der Waals surface area contributed by atoms with Gasteiger partial charge in [0.2, 0.25) is 11.8 Å². The Morgan fingerprint density at radius 1 is 1.15 bits per heavy atom. The van der Waals surface area contributed by atoms with Gasteiger partial charge in [-0.2, -0.15) is 13.2 Å². The summed E-state index contributed by atoms with van der Waals surface area (Å²) in [5, 5.41) is 5.31. The monoisotopic (exact) mass is 463 g/mol.